The molecule has 2 N–H and O–H groups in total. The van der Waals surface area contributed by atoms with Crippen molar-refractivity contribution < 1.29 is 28.0 Å². The highest BCUT2D eigenvalue weighted by Gasteiger charge is 2.30. The molecule has 0 unspecified atom stereocenters. The lowest BCUT2D eigenvalue weighted by atomic mass is 10.0. The number of carbonyl (C=O) groups is 1. The number of nitrogens with zero attached hydrogens (tertiary/aromatic N) is 1. The number of carbonyl (C=O) groups excluding carboxylic acids is 1. The van der Waals surface area contributed by atoms with Gasteiger partial charge in [-0.25, -0.2) is 9.18 Å². The maximum Gasteiger partial charge on any atom is 0.346 e. The molecule has 0 radical (unpaired) electrons. The molecular weight excluding hydrogens is 398 g/mol. The highest BCUT2D eigenvalue weighted by atomic mass is 35.5. The molecule has 0 aliphatic heterocycles. The van der Waals surface area contributed by atoms with Crippen LogP contribution in [0, 0.1) is 28.7 Å². The third-order valence-electron chi connectivity index (χ3n) is 3.55. The molecule has 2 aromatic rings. The van der Waals surface area contributed by atoms with Crippen molar-refractivity contribution in [2.75, 3.05) is 5.73 Å². The Morgan fingerprint density at radius 1 is 1.29 bits per heavy atom. The van der Waals surface area contributed by atoms with Crippen molar-refractivity contribution >= 4 is 28.9 Å². The zero-order chi connectivity index (χ0) is 21.4. The smallest absolute Gasteiger partial charge is 0.346 e. The lowest BCUT2D eigenvalue weighted by Crippen LogP contribution is -2.25. The summed E-state index contributed by atoms with van der Waals surface area (Å²) in [4.78, 5) is 23.1. The maximum atomic E-state index is 14.1. The van der Waals surface area contributed by atoms with Gasteiger partial charge in [-0.15, -0.1) is 0 Å². The molecule has 0 atom stereocenters. The Kier molecular flexibility index (Phi) is 5.79. The van der Waals surface area contributed by atoms with Crippen LogP contribution in [0.2, 0.25) is 5.02 Å². The van der Waals surface area contributed by atoms with Crippen LogP contribution >= 0.6 is 11.6 Å². The number of halogens is 3. The molecule has 0 amide bonds. The molecule has 2 rings (SSSR count). The highest BCUT2D eigenvalue weighted by molar-refractivity contribution is 6.34. The summed E-state index contributed by atoms with van der Waals surface area (Å²) in [5, 5.41) is 10.9. The minimum Gasteiger partial charge on any atom is -0.456 e. The number of nitrogen functional groups attached to an aromatic ring is 1. The molecule has 0 aliphatic carbocycles. The number of esters is 1. The fourth-order valence-corrected chi connectivity index (χ4v) is 2.50. The summed E-state index contributed by atoms with van der Waals surface area (Å²) in [5.41, 5.74) is 3.42. The fraction of sp³-hybridized carbons (Fsp3) is 0.278. The second kappa shape index (κ2) is 7.59. The number of hydrogen-bond acceptors (Lipinski definition) is 6. The molecule has 150 valence electrons. The number of nitro groups is 1. The molecule has 0 bridgehead atoms. The van der Waals surface area contributed by atoms with E-state index in [0.29, 0.717) is 6.07 Å². The number of hydrogen-bond donors (Lipinski definition) is 1. The van der Waals surface area contributed by atoms with Gasteiger partial charge in [0.2, 0.25) is 5.82 Å². The molecule has 0 aliphatic rings. The van der Waals surface area contributed by atoms with E-state index in [1.807, 2.05) is 0 Å². The van der Waals surface area contributed by atoms with Crippen molar-refractivity contribution in [2.24, 2.45) is 0 Å². The first-order chi connectivity index (χ1) is 12.8. The number of ether oxygens (including phenoxy) is 2. The Balaban J connectivity index is 2.62. The molecule has 0 fully saturated rings. The first kappa shape index (κ1) is 21.4. The van der Waals surface area contributed by atoms with E-state index in [0.717, 1.165) is 12.1 Å². The maximum absolute atomic E-state index is 14.1. The Morgan fingerprint density at radius 2 is 1.89 bits per heavy atom. The predicted molar refractivity (Wildman–Crippen MR) is 98.9 cm³/mol. The van der Waals surface area contributed by atoms with Crippen LogP contribution in [0.4, 0.5) is 20.2 Å². The Labute approximate surface area is 164 Å². The van der Waals surface area contributed by atoms with E-state index in [-0.39, 0.29) is 27.6 Å². The van der Waals surface area contributed by atoms with Crippen LogP contribution in [0.25, 0.3) is 0 Å². The van der Waals surface area contributed by atoms with Crippen LogP contribution in [-0.2, 0) is 4.74 Å². The van der Waals surface area contributed by atoms with Gasteiger partial charge in [-0.2, -0.15) is 4.39 Å². The minimum atomic E-state index is -1.39. The molecule has 28 heavy (non-hydrogen) atoms. The first-order valence-corrected chi connectivity index (χ1v) is 8.33. The largest absolute Gasteiger partial charge is 0.456 e. The number of rotatable bonds is 4. The lowest BCUT2D eigenvalue weighted by Gasteiger charge is -2.21. The topological polar surface area (TPSA) is 105 Å². The molecule has 0 saturated carbocycles. The molecule has 7 nitrogen and oxygen atoms in total. The van der Waals surface area contributed by atoms with Crippen molar-refractivity contribution in [2.45, 2.75) is 33.3 Å². The highest BCUT2D eigenvalue weighted by Crippen LogP contribution is 2.40. The van der Waals surface area contributed by atoms with Crippen LogP contribution in [0.15, 0.2) is 18.2 Å². The van der Waals surface area contributed by atoms with E-state index in [1.165, 1.54) is 6.92 Å². The van der Waals surface area contributed by atoms with Crippen molar-refractivity contribution in [3.63, 3.8) is 0 Å². The first-order valence-electron chi connectivity index (χ1n) is 7.95. The zero-order valence-electron chi connectivity index (χ0n) is 15.4. The molecule has 0 heterocycles. The van der Waals surface area contributed by atoms with Crippen LogP contribution in [-0.4, -0.2) is 16.5 Å². The molecule has 0 aromatic heterocycles. The average molecular weight is 415 g/mol. The van der Waals surface area contributed by atoms with Crippen molar-refractivity contribution in [3.05, 3.63) is 56.1 Å². The van der Waals surface area contributed by atoms with Gasteiger partial charge in [-0.1, -0.05) is 11.6 Å². The van der Waals surface area contributed by atoms with Gasteiger partial charge < -0.3 is 15.2 Å². The summed E-state index contributed by atoms with van der Waals surface area (Å²) in [5.74, 6) is -4.50. The van der Waals surface area contributed by atoms with E-state index in [1.54, 1.807) is 20.8 Å². The van der Waals surface area contributed by atoms with Gasteiger partial charge in [-0.05, 0) is 33.8 Å². The molecule has 0 spiro atoms. The van der Waals surface area contributed by atoms with Gasteiger partial charge in [0.15, 0.2) is 11.6 Å². The van der Waals surface area contributed by atoms with E-state index in [4.69, 9.17) is 26.8 Å². The Hall–Kier alpha value is -2.94. The van der Waals surface area contributed by atoms with Crippen molar-refractivity contribution in [1.29, 1.82) is 0 Å². The van der Waals surface area contributed by atoms with Gasteiger partial charge >= 0.3 is 5.97 Å². The quantitative estimate of drug-likeness (QED) is 0.243. The summed E-state index contributed by atoms with van der Waals surface area (Å²) in [7, 11) is 0. The van der Waals surface area contributed by atoms with Crippen molar-refractivity contribution in [3.8, 4) is 11.5 Å². The van der Waals surface area contributed by atoms with Crippen LogP contribution in [0.3, 0.4) is 0 Å². The average Bonchev–Trinajstić information content (AvgIpc) is 2.56. The van der Waals surface area contributed by atoms with E-state index >= 15 is 0 Å². The van der Waals surface area contributed by atoms with Gasteiger partial charge in [0, 0.05) is 17.7 Å². The van der Waals surface area contributed by atoms with Crippen LogP contribution in [0.1, 0.15) is 36.7 Å². The number of benzene rings is 2. The number of anilines is 1. The lowest BCUT2D eigenvalue weighted by molar-refractivity contribution is -0.385. The number of nitrogens with two attached hydrogens (primary N) is 1. The SMILES string of the molecule is Cc1c(Oc2c(F)c(F)cc(N)c2Cl)ccc([N+](=O)[O-])c1C(=O)OC(C)(C)C. The molecular formula is C18H17ClF2N2O5. The van der Waals surface area contributed by atoms with Gasteiger partial charge in [0.05, 0.1) is 10.6 Å². The standard InChI is InChI=1S/C18H17ClF2N2O5/c1-8-12(27-16-14(19)10(22)7-9(20)15(16)21)6-5-11(23(25)26)13(8)17(24)28-18(2,3)4/h5-7H,22H2,1-4H3. The Morgan fingerprint density at radius 3 is 2.43 bits per heavy atom. The fourth-order valence-electron chi connectivity index (χ4n) is 2.33. The second-order valence-corrected chi connectivity index (χ2v) is 7.23. The molecule has 0 saturated heterocycles. The second-order valence-electron chi connectivity index (χ2n) is 6.85. The van der Waals surface area contributed by atoms with Crippen LogP contribution < -0.4 is 10.5 Å². The summed E-state index contributed by atoms with van der Waals surface area (Å²) in [6, 6.07) is 2.83. The Bertz CT molecular complexity index is 947. The van der Waals surface area contributed by atoms with Crippen LogP contribution in [0.5, 0.6) is 11.5 Å². The van der Waals surface area contributed by atoms with Crippen molar-refractivity contribution in [1.82, 2.24) is 0 Å². The predicted octanol–water partition coefficient (Wildman–Crippen LogP) is 5.16. The zero-order valence-corrected chi connectivity index (χ0v) is 16.2. The van der Waals surface area contributed by atoms with E-state index < -0.39 is 39.6 Å². The summed E-state index contributed by atoms with van der Waals surface area (Å²) >= 11 is 5.89. The van der Waals surface area contributed by atoms with Gasteiger partial charge in [0.1, 0.15) is 21.9 Å². The molecule has 2 aromatic carbocycles. The number of nitro benzene ring substituents is 1. The normalized spacial score (nSPS) is 11.2. The summed E-state index contributed by atoms with van der Waals surface area (Å²) < 4.78 is 38.3. The van der Waals surface area contributed by atoms with E-state index in [9.17, 15) is 23.7 Å². The third-order valence-corrected chi connectivity index (χ3v) is 3.94. The molecule has 10 heteroatoms. The van der Waals surface area contributed by atoms with Gasteiger partial charge in [-0.3, -0.25) is 10.1 Å². The summed E-state index contributed by atoms with van der Waals surface area (Å²) in [6.45, 7) is 6.13. The van der Waals surface area contributed by atoms with E-state index in [2.05, 4.69) is 0 Å². The third kappa shape index (κ3) is 4.30. The van der Waals surface area contributed by atoms with Gasteiger partial charge in [0.25, 0.3) is 5.69 Å². The monoisotopic (exact) mass is 414 g/mol. The summed E-state index contributed by atoms with van der Waals surface area (Å²) in [6.07, 6.45) is 0. The minimum absolute atomic E-state index is 0.0123.